The second-order valence-electron chi connectivity index (χ2n) is 6.45. The molecule has 6 nitrogen and oxygen atoms in total. The molecular weight excluding hydrogens is 354 g/mol. The van der Waals surface area contributed by atoms with Crippen molar-refractivity contribution in [2.24, 2.45) is 5.73 Å². The first-order valence-corrected chi connectivity index (χ1v) is 9.14. The highest BCUT2D eigenvalue weighted by Gasteiger charge is 2.22. The molecule has 0 spiro atoms. The number of ether oxygens (including phenoxy) is 2. The van der Waals surface area contributed by atoms with Crippen molar-refractivity contribution in [3.63, 3.8) is 0 Å². The van der Waals surface area contributed by atoms with Crippen LogP contribution in [0.3, 0.4) is 0 Å². The van der Waals surface area contributed by atoms with Crippen LogP contribution in [0, 0.1) is 0 Å². The number of benzene rings is 1. The lowest BCUT2D eigenvalue weighted by Crippen LogP contribution is -2.46. The fourth-order valence-corrected chi connectivity index (χ4v) is 3.12. The number of carbonyl (C=O) groups is 1. The summed E-state index contributed by atoms with van der Waals surface area (Å²) in [4.78, 5) is 14.1. The van der Waals surface area contributed by atoms with Gasteiger partial charge in [-0.15, -0.1) is 12.4 Å². The zero-order valence-corrected chi connectivity index (χ0v) is 16.4. The lowest BCUT2D eigenvalue weighted by molar-refractivity contribution is -0.121. The number of nitrogens with two attached hydrogens (primary N) is 1. The van der Waals surface area contributed by atoms with Gasteiger partial charge in [-0.05, 0) is 37.1 Å². The van der Waals surface area contributed by atoms with Gasteiger partial charge in [-0.1, -0.05) is 18.6 Å². The van der Waals surface area contributed by atoms with Gasteiger partial charge in [0.15, 0.2) is 0 Å². The largest absolute Gasteiger partial charge is 0.491 e. The van der Waals surface area contributed by atoms with E-state index in [2.05, 4.69) is 22.3 Å². The third-order valence-corrected chi connectivity index (χ3v) is 4.52. The maximum absolute atomic E-state index is 11.7. The number of methoxy groups -OCH3 is 1. The van der Waals surface area contributed by atoms with Gasteiger partial charge in [-0.2, -0.15) is 0 Å². The summed E-state index contributed by atoms with van der Waals surface area (Å²) in [5.41, 5.74) is 6.69. The standard InChI is InChI=1S/C19H31N3O3.ClH/c1-24-12-13-25-18-7-5-16(6-8-18)15-22-11-3-2-4-17(22)14-21-19(23)9-10-20;/h5-8,17H,2-4,9-15,20H2,1H3,(H,21,23);1H. The van der Waals surface area contributed by atoms with Crippen molar-refractivity contribution in [2.45, 2.75) is 38.3 Å². The van der Waals surface area contributed by atoms with Gasteiger partial charge in [-0.3, -0.25) is 9.69 Å². The molecule has 7 heteroatoms. The number of halogens is 1. The lowest BCUT2D eigenvalue weighted by atomic mass is 10.0. The van der Waals surface area contributed by atoms with Crippen LogP contribution in [-0.2, 0) is 16.1 Å². The second-order valence-corrected chi connectivity index (χ2v) is 6.45. The highest BCUT2D eigenvalue weighted by Crippen LogP contribution is 2.20. The molecule has 1 unspecified atom stereocenters. The minimum Gasteiger partial charge on any atom is -0.491 e. The molecule has 0 aromatic heterocycles. The number of rotatable bonds is 10. The van der Waals surface area contributed by atoms with E-state index in [1.54, 1.807) is 7.11 Å². The minimum atomic E-state index is 0. The Balaban J connectivity index is 0.00000338. The van der Waals surface area contributed by atoms with Gasteiger partial charge in [-0.25, -0.2) is 0 Å². The van der Waals surface area contributed by atoms with E-state index in [-0.39, 0.29) is 18.3 Å². The smallest absolute Gasteiger partial charge is 0.221 e. The van der Waals surface area contributed by atoms with Crippen LogP contribution in [0.4, 0.5) is 0 Å². The van der Waals surface area contributed by atoms with Crippen LogP contribution in [0.25, 0.3) is 0 Å². The number of nitrogens with zero attached hydrogens (tertiary/aromatic N) is 1. The highest BCUT2D eigenvalue weighted by atomic mass is 35.5. The van der Waals surface area contributed by atoms with Crippen molar-refractivity contribution in [1.29, 1.82) is 0 Å². The van der Waals surface area contributed by atoms with E-state index in [9.17, 15) is 4.79 Å². The van der Waals surface area contributed by atoms with Crippen LogP contribution >= 0.6 is 12.4 Å². The molecule has 1 aliphatic heterocycles. The number of hydrogen-bond donors (Lipinski definition) is 2. The molecule has 26 heavy (non-hydrogen) atoms. The van der Waals surface area contributed by atoms with Crippen molar-refractivity contribution < 1.29 is 14.3 Å². The molecule has 0 aliphatic carbocycles. The Morgan fingerprint density at radius 2 is 2.04 bits per heavy atom. The summed E-state index contributed by atoms with van der Waals surface area (Å²) < 4.78 is 10.6. The van der Waals surface area contributed by atoms with Crippen molar-refractivity contribution >= 4 is 18.3 Å². The Bertz CT molecular complexity index is 513. The summed E-state index contributed by atoms with van der Waals surface area (Å²) in [6, 6.07) is 8.63. The summed E-state index contributed by atoms with van der Waals surface area (Å²) >= 11 is 0. The molecule has 1 heterocycles. The number of hydrogen-bond acceptors (Lipinski definition) is 5. The van der Waals surface area contributed by atoms with Gasteiger partial charge in [0.2, 0.25) is 5.91 Å². The van der Waals surface area contributed by atoms with E-state index in [0.29, 0.717) is 38.8 Å². The van der Waals surface area contributed by atoms with E-state index in [4.69, 9.17) is 15.2 Å². The molecular formula is C19H32ClN3O3. The van der Waals surface area contributed by atoms with Gasteiger partial charge in [0.05, 0.1) is 6.61 Å². The third kappa shape index (κ3) is 7.91. The minimum absolute atomic E-state index is 0. The topological polar surface area (TPSA) is 76.8 Å². The highest BCUT2D eigenvalue weighted by molar-refractivity contribution is 5.85. The maximum atomic E-state index is 11.7. The molecule has 2 rings (SSSR count). The van der Waals surface area contributed by atoms with Crippen molar-refractivity contribution in [2.75, 3.05) is 40.0 Å². The van der Waals surface area contributed by atoms with E-state index in [1.165, 1.54) is 18.4 Å². The molecule has 3 N–H and O–H groups in total. The van der Waals surface area contributed by atoms with Crippen LogP contribution in [0.2, 0.25) is 0 Å². The van der Waals surface area contributed by atoms with Gasteiger partial charge in [0.25, 0.3) is 0 Å². The second kappa shape index (κ2) is 12.9. The Morgan fingerprint density at radius 3 is 2.73 bits per heavy atom. The number of likely N-dealkylation sites (tertiary alicyclic amines) is 1. The monoisotopic (exact) mass is 385 g/mol. The normalized spacial score (nSPS) is 17.4. The summed E-state index contributed by atoms with van der Waals surface area (Å²) in [6.45, 7) is 4.23. The average molecular weight is 386 g/mol. The molecule has 1 aromatic rings. The zero-order chi connectivity index (χ0) is 17.9. The molecule has 1 fully saturated rings. The fraction of sp³-hybridized carbons (Fsp3) is 0.632. The number of nitrogens with one attached hydrogen (secondary N) is 1. The average Bonchev–Trinajstić information content (AvgIpc) is 2.63. The van der Waals surface area contributed by atoms with Crippen LogP contribution in [0.1, 0.15) is 31.2 Å². The first-order chi connectivity index (χ1) is 12.2. The van der Waals surface area contributed by atoms with Gasteiger partial charge >= 0.3 is 0 Å². The quantitative estimate of drug-likeness (QED) is 0.602. The first-order valence-electron chi connectivity index (χ1n) is 9.14. The zero-order valence-electron chi connectivity index (χ0n) is 15.6. The number of carbonyl (C=O) groups excluding carboxylic acids is 1. The van der Waals surface area contributed by atoms with Crippen molar-refractivity contribution in [3.8, 4) is 5.75 Å². The summed E-state index contributed by atoms with van der Waals surface area (Å²) in [7, 11) is 1.67. The molecule has 1 amide bonds. The SMILES string of the molecule is COCCOc1ccc(CN2CCCCC2CNC(=O)CCN)cc1.Cl. The number of piperidine rings is 1. The molecule has 1 saturated heterocycles. The van der Waals surface area contributed by atoms with Crippen LogP contribution in [0.15, 0.2) is 24.3 Å². The Labute approximate surface area is 162 Å². The number of amides is 1. The molecule has 0 bridgehead atoms. The van der Waals surface area contributed by atoms with E-state index in [1.807, 2.05) is 12.1 Å². The fourth-order valence-electron chi connectivity index (χ4n) is 3.12. The van der Waals surface area contributed by atoms with Gasteiger partial charge < -0.3 is 20.5 Å². The van der Waals surface area contributed by atoms with Crippen LogP contribution in [0.5, 0.6) is 5.75 Å². The summed E-state index contributed by atoms with van der Waals surface area (Å²) in [5.74, 6) is 0.913. The Hall–Kier alpha value is -1.34. The molecule has 148 valence electrons. The third-order valence-electron chi connectivity index (χ3n) is 4.52. The van der Waals surface area contributed by atoms with Crippen LogP contribution in [-0.4, -0.2) is 56.8 Å². The predicted octanol–water partition coefficient (Wildman–Crippen LogP) is 1.95. The Morgan fingerprint density at radius 1 is 1.27 bits per heavy atom. The molecule has 0 radical (unpaired) electrons. The molecule has 1 aliphatic rings. The van der Waals surface area contributed by atoms with Crippen molar-refractivity contribution in [3.05, 3.63) is 29.8 Å². The predicted molar refractivity (Wildman–Crippen MR) is 106 cm³/mol. The first kappa shape index (κ1) is 22.7. The lowest BCUT2D eigenvalue weighted by Gasteiger charge is -2.36. The van der Waals surface area contributed by atoms with E-state index < -0.39 is 0 Å². The maximum Gasteiger partial charge on any atom is 0.221 e. The van der Waals surface area contributed by atoms with E-state index >= 15 is 0 Å². The van der Waals surface area contributed by atoms with Gasteiger partial charge in [0.1, 0.15) is 12.4 Å². The van der Waals surface area contributed by atoms with Crippen LogP contribution < -0.4 is 15.8 Å². The molecule has 1 atom stereocenters. The summed E-state index contributed by atoms with van der Waals surface area (Å²) in [6.07, 6.45) is 3.96. The molecule has 0 saturated carbocycles. The van der Waals surface area contributed by atoms with Gasteiger partial charge in [0, 0.05) is 39.2 Å². The Kier molecular flexibility index (Phi) is 11.3. The summed E-state index contributed by atoms with van der Waals surface area (Å²) in [5, 5.41) is 3.01. The molecule has 1 aromatic carbocycles. The van der Waals surface area contributed by atoms with E-state index in [0.717, 1.165) is 25.3 Å². The van der Waals surface area contributed by atoms with Crippen molar-refractivity contribution in [1.82, 2.24) is 10.2 Å².